The minimum Gasteiger partial charge on any atom is -0.492 e. The first-order valence-corrected chi connectivity index (χ1v) is 7.57. The lowest BCUT2D eigenvalue weighted by Crippen LogP contribution is -2.22. The SMILES string of the molecule is CCc1nnc(CNC(=O)c2cccc(OCCN)c2)s1. The number of nitrogens with one attached hydrogen (secondary N) is 1. The maximum Gasteiger partial charge on any atom is 0.251 e. The first-order valence-electron chi connectivity index (χ1n) is 6.75. The zero-order chi connectivity index (χ0) is 15.1. The third-order valence-electron chi connectivity index (χ3n) is 2.69. The van der Waals surface area contributed by atoms with Crippen molar-refractivity contribution in [3.63, 3.8) is 0 Å². The molecule has 0 fully saturated rings. The van der Waals surface area contributed by atoms with Gasteiger partial charge in [-0.15, -0.1) is 10.2 Å². The molecular weight excluding hydrogens is 288 g/mol. The van der Waals surface area contributed by atoms with Crippen LogP contribution in [0.5, 0.6) is 5.75 Å². The number of rotatable bonds is 7. The molecule has 112 valence electrons. The van der Waals surface area contributed by atoms with Crippen molar-refractivity contribution in [1.82, 2.24) is 15.5 Å². The largest absolute Gasteiger partial charge is 0.492 e. The lowest BCUT2D eigenvalue weighted by Gasteiger charge is -2.07. The number of hydrogen-bond donors (Lipinski definition) is 2. The highest BCUT2D eigenvalue weighted by Gasteiger charge is 2.08. The fraction of sp³-hybridized carbons (Fsp3) is 0.357. The number of aromatic nitrogens is 2. The number of amides is 1. The van der Waals surface area contributed by atoms with Crippen molar-refractivity contribution < 1.29 is 9.53 Å². The van der Waals surface area contributed by atoms with Crippen molar-refractivity contribution in [3.05, 3.63) is 39.8 Å². The molecule has 0 atom stereocenters. The van der Waals surface area contributed by atoms with Crippen molar-refractivity contribution in [2.24, 2.45) is 5.73 Å². The molecule has 0 aliphatic heterocycles. The maximum absolute atomic E-state index is 12.1. The minimum absolute atomic E-state index is 0.165. The van der Waals surface area contributed by atoms with E-state index in [4.69, 9.17) is 10.5 Å². The van der Waals surface area contributed by atoms with E-state index in [0.29, 0.717) is 31.0 Å². The number of nitrogens with two attached hydrogens (primary N) is 1. The zero-order valence-corrected chi connectivity index (χ0v) is 12.7. The van der Waals surface area contributed by atoms with E-state index in [0.717, 1.165) is 16.4 Å². The Hall–Kier alpha value is -1.99. The molecule has 0 bridgehead atoms. The number of aryl methyl sites for hydroxylation is 1. The molecule has 3 N–H and O–H groups in total. The molecule has 2 rings (SSSR count). The van der Waals surface area contributed by atoms with Crippen molar-refractivity contribution in [2.75, 3.05) is 13.2 Å². The van der Waals surface area contributed by atoms with Crippen LogP contribution in [0.4, 0.5) is 0 Å². The number of carbonyl (C=O) groups is 1. The fourth-order valence-corrected chi connectivity index (χ4v) is 2.39. The highest BCUT2D eigenvalue weighted by Crippen LogP contribution is 2.14. The quantitative estimate of drug-likeness (QED) is 0.806. The maximum atomic E-state index is 12.1. The number of benzene rings is 1. The molecule has 0 aliphatic rings. The average Bonchev–Trinajstić information content (AvgIpc) is 2.99. The van der Waals surface area contributed by atoms with Crippen LogP contribution < -0.4 is 15.8 Å². The van der Waals surface area contributed by atoms with Crippen molar-refractivity contribution in [2.45, 2.75) is 19.9 Å². The summed E-state index contributed by atoms with van der Waals surface area (Å²) in [6, 6.07) is 7.01. The van der Waals surface area contributed by atoms with Gasteiger partial charge in [0.1, 0.15) is 22.4 Å². The summed E-state index contributed by atoms with van der Waals surface area (Å²) in [6.07, 6.45) is 0.853. The van der Waals surface area contributed by atoms with Crippen LogP contribution in [0.3, 0.4) is 0 Å². The van der Waals surface area contributed by atoms with Crippen molar-refractivity contribution >= 4 is 17.2 Å². The highest BCUT2D eigenvalue weighted by atomic mass is 32.1. The predicted molar refractivity (Wildman–Crippen MR) is 81.4 cm³/mol. The molecule has 6 nitrogen and oxygen atoms in total. The van der Waals surface area contributed by atoms with Gasteiger partial charge in [-0.3, -0.25) is 4.79 Å². The van der Waals surface area contributed by atoms with Crippen LogP contribution in [0.2, 0.25) is 0 Å². The second-order valence-corrected chi connectivity index (χ2v) is 5.44. The molecule has 1 aromatic heterocycles. The second kappa shape index (κ2) is 7.70. The third kappa shape index (κ3) is 4.51. The van der Waals surface area contributed by atoms with Crippen molar-refractivity contribution in [1.29, 1.82) is 0 Å². The first-order chi connectivity index (χ1) is 10.2. The summed E-state index contributed by atoms with van der Waals surface area (Å²) >= 11 is 1.51. The molecule has 0 spiro atoms. The van der Waals surface area contributed by atoms with Gasteiger partial charge in [0.2, 0.25) is 0 Å². The van der Waals surface area contributed by atoms with E-state index < -0.39 is 0 Å². The molecule has 0 aliphatic carbocycles. The zero-order valence-electron chi connectivity index (χ0n) is 11.8. The third-order valence-corrected chi connectivity index (χ3v) is 3.76. The van der Waals surface area contributed by atoms with Gasteiger partial charge in [0, 0.05) is 12.1 Å². The van der Waals surface area contributed by atoms with Gasteiger partial charge in [0.05, 0.1) is 6.54 Å². The molecule has 2 aromatic rings. The van der Waals surface area contributed by atoms with Gasteiger partial charge in [-0.25, -0.2) is 0 Å². The summed E-state index contributed by atoms with van der Waals surface area (Å²) in [7, 11) is 0. The monoisotopic (exact) mass is 306 g/mol. The number of carbonyl (C=O) groups excluding carboxylic acids is 1. The summed E-state index contributed by atoms with van der Waals surface area (Å²) < 4.78 is 5.40. The molecule has 0 saturated carbocycles. The normalized spacial score (nSPS) is 10.4. The number of nitrogens with zero attached hydrogens (tertiary/aromatic N) is 2. The van der Waals surface area contributed by atoms with Gasteiger partial charge in [-0.1, -0.05) is 24.3 Å². The Labute approximate surface area is 127 Å². The molecule has 1 amide bonds. The molecule has 1 heterocycles. The van der Waals surface area contributed by atoms with Crippen LogP contribution in [-0.2, 0) is 13.0 Å². The Morgan fingerprint density at radius 2 is 2.19 bits per heavy atom. The molecular formula is C14H18N4O2S. The van der Waals surface area contributed by atoms with Crippen LogP contribution in [0.1, 0.15) is 27.3 Å². The van der Waals surface area contributed by atoms with E-state index in [1.54, 1.807) is 24.3 Å². The standard InChI is InChI=1S/C14H18N4O2S/c1-2-12-17-18-13(21-12)9-16-14(19)10-4-3-5-11(8-10)20-7-6-15/h3-5,8H,2,6-7,9,15H2,1H3,(H,16,19). The Morgan fingerprint density at radius 3 is 2.90 bits per heavy atom. The average molecular weight is 306 g/mol. The van der Waals surface area contributed by atoms with E-state index in [1.165, 1.54) is 11.3 Å². The molecule has 7 heteroatoms. The molecule has 0 saturated heterocycles. The number of hydrogen-bond acceptors (Lipinski definition) is 6. The summed E-state index contributed by atoms with van der Waals surface area (Å²) in [5.41, 5.74) is 5.93. The van der Waals surface area contributed by atoms with Crippen LogP contribution in [0, 0.1) is 0 Å². The Kier molecular flexibility index (Phi) is 5.65. The summed E-state index contributed by atoms with van der Waals surface area (Å²) in [6.45, 7) is 3.27. The van der Waals surface area contributed by atoms with Crippen LogP contribution >= 0.6 is 11.3 Å². The molecule has 1 aromatic carbocycles. The highest BCUT2D eigenvalue weighted by molar-refractivity contribution is 7.11. The van der Waals surface area contributed by atoms with Gasteiger partial charge < -0.3 is 15.8 Å². The van der Waals surface area contributed by atoms with E-state index in [9.17, 15) is 4.79 Å². The Balaban J connectivity index is 1.93. The van der Waals surface area contributed by atoms with E-state index in [-0.39, 0.29) is 5.91 Å². The van der Waals surface area contributed by atoms with E-state index in [1.807, 2.05) is 6.92 Å². The van der Waals surface area contributed by atoms with Gasteiger partial charge in [-0.2, -0.15) is 0 Å². The second-order valence-electron chi connectivity index (χ2n) is 4.29. The Bertz CT molecular complexity index is 600. The smallest absolute Gasteiger partial charge is 0.251 e. The van der Waals surface area contributed by atoms with Crippen molar-refractivity contribution in [3.8, 4) is 5.75 Å². The molecule has 21 heavy (non-hydrogen) atoms. The lowest BCUT2D eigenvalue weighted by atomic mass is 10.2. The molecule has 0 unspecified atom stereocenters. The fourth-order valence-electron chi connectivity index (χ4n) is 1.66. The molecule has 0 radical (unpaired) electrons. The van der Waals surface area contributed by atoms with Crippen LogP contribution in [0.25, 0.3) is 0 Å². The van der Waals surface area contributed by atoms with Gasteiger partial charge in [-0.05, 0) is 24.6 Å². The van der Waals surface area contributed by atoms with Crippen LogP contribution in [-0.4, -0.2) is 29.3 Å². The van der Waals surface area contributed by atoms with E-state index in [2.05, 4.69) is 15.5 Å². The predicted octanol–water partition coefficient (Wildman–Crippen LogP) is 1.37. The Morgan fingerprint density at radius 1 is 1.38 bits per heavy atom. The number of ether oxygens (including phenoxy) is 1. The van der Waals surface area contributed by atoms with E-state index >= 15 is 0 Å². The summed E-state index contributed by atoms with van der Waals surface area (Å²) in [4.78, 5) is 12.1. The van der Waals surface area contributed by atoms with Gasteiger partial charge >= 0.3 is 0 Å². The van der Waals surface area contributed by atoms with Crippen LogP contribution in [0.15, 0.2) is 24.3 Å². The summed E-state index contributed by atoms with van der Waals surface area (Å²) in [5, 5.41) is 12.6. The summed E-state index contributed by atoms with van der Waals surface area (Å²) in [5.74, 6) is 0.471. The van der Waals surface area contributed by atoms with Gasteiger partial charge in [0.25, 0.3) is 5.91 Å². The topological polar surface area (TPSA) is 90.1 Å². The first kappa shape index (κ1) is 15.4. The van der Waals surface area contributed by atoms with Gasteiger partial charge in [0.15, 0.2) is 0 Å². The minimum atomic E-state index is -0.165. The lowest BCUT2D eigenvalue weighted by molar-refractivity contribution is 0.0950.